The average molecular weight is 1030 g/mol. The van der Waals surface area contributed by atoms with Gasteiger partial charge >= 0.3 is 17.9 Å². The van der Waals surface area contributed by atoms with Crippen molar-refractivity contribution in [3.8, 4) is 17.2 Å². The number of hydrogen-bond donors (Lipinski definition) is 0. The average Bonchev–Trinajstić information content (AvgIpc) is 3.36. The van der Waals surface area contributed by atoms with Crippen LogP contribution < -0.4 is 14.2 Å². The maximum Gasteiger partial charge on any atom is 0.311 e. The Morgan fingerprint density at radius 1 is 0.297 bits per heavy atom. The molecule has 0 saturated heterocycles. The Kier molecular flexibility index (Phi) is 42.2. The fraction of sp³-hybridized carbons (Fsp3) is 0.750. The second-order valence-electron chi connectivity index (χ2n) is 23.6. The minimum absolute atomic E-state index is 0.187. The highest BCUT2D eigenvalue weighted by Gasteiger charge is 2.12. The second kappa shape index (κ2) is 46.9. The first-order chi connectivity index (χ1) is 36.0. The fourth-order valence-electron chi connectivity index (χ4n) is 9.96. The number of ether oxygens (including phenoxy) is 3. The van der Waals surface area contributed by atoms with Crippen LogP contribution in [0.5, 0.6) is 17.2 Å². The van der Waals surface area contributed by atoms with Gasteiger partial charge in [0.25, 0.3) is 0 Å². The molecule has 0 atom stereocenters. The van der Waals surface area contributed by atoms with Crippen LogP contribution in [0, 0.1) is 17.8 Å². The first-order valence-electron chi connectivity index (χ1n) is 31.6. The number of carbonyl (C=O) groups is 3. The van der Waals surface area contributed by atoms with Gasteiger partial charge in [0.05, 0.1) is 0 Å². The summed E-state index contributed by atoms with van der Waals surface area (Å²) in [5, 5.41) is 0. The Hall–Kier alpha value is -3.41. The zero-order valence-electron chi connectivity index (χ0n) is 49.1. The summed E-state index contributed by atoms with van der Waals surface area (Å²) < 4.78 is 17.4. The van der Waals surface area contributed by atoms with Gasteiger partial charge in [0.1, 0.15) is 17.2 Å². The van der Waals surface area contributed by atoms with E-state index in [9.17, 15) is 14.4 Å². The Labute approximate surface area is 456 Å². The van der Waals surface area contributed by atoms with Crippen LogP contribution in [-0.4, -0.2) is 17.9 Å². The molecule has 74 heavy (non-hydrogen) atoms. The first kappa shape index (κ1) is 66.7. The molecular weight excluding hydrogens is 913 g/mol. The highest BCUT2D eigenvalue weighted by Crippen LogP contribution is 2.27. The van der Waals surface area contributed by atoms with Crippen LogP contribution in [0.15, 0.2) is 42.5 Å². The highest BCUT2D eigenvalue weighted by atomic mass is 16.5. The summed E-state index contributed by atoms with van der Waals surface area (Å²) in [6.07, 6.45) is 54.3. The third-order valence-electron chi connectivity index (χ3n) is 14.7. The Morgan fingerprint density at radius 3 is 0.797 bits per heavy atom. The molecule has 0 heterocycles. The molecular formula is C68H114O6. The maximum absolute atomic E-state index is 13.0. The lowest BCUT2D eigenvalue weighted by molar-refractivity contribution is -0.135. The van der Waals surface area contributed by atoms with Gasteiger partial charge in [-0.3, -0.25) is 14.4 Å². The summed E-state index contributed by atoms with van der Waals surface area (Å²) in [5.41, 5.74) is 1.68. The minimum Gasteiger partial charge on any atom is -0.427 e. The number of hydrogen-bond acceptors (Lipinski definition) is 6. The number of benzene rings is 2. The van der Waals surface area contributed by atoms with Gasteiger partial charge in [-0.2, -0.15) is 0 Å². The molecule has 0 bridgehead atoms. The van der Waals surface area contributed by atoms with E-state index >= 15 is 0 Å². The van der Waals surface area contributed by atoms with Crippen molar-refractivity contribution in [2.24, 2.45) is 17.8 Å². The number of unbranched alkanes of at least 4 members (excludes halogenated alkanes) is 33. The van der Waals surface area contributed by atoms with Gasteiger partial charge in [-0.05, 0) is 72.4 Å². The van der Waals surface area contributed by atoms with Crippen LogP contribution in [0.1, 0.15) is 322 Å². The Bertz CT molecular complexity index is 1600. The minimum atomic E-state index is -0.266. The van der Waals surface area contributed by atoms with Crippen molar-refractivity contribution in [2.45, 2.75) is 311 Å². The smallest absolute Gasteiger partial charge is 0.311 e. The molecule has 422 valence electrons. The molecule has 0 aliphatic heterocycles. The molecule has 6 heteroatoms. The number of carbonyl (C=O) groups excluding carboxylic acids is 3. The quantitative estimate of drug-likeness (QED) is 0.0284. The van der Waals surface area contributed by atoms with E-state index in [-0.39, 0.29) is 17.9 Å². The van der Waals surface area contributed by atoms with Crippen LogP contribution in [0.4, 0.5) is 0 Å². The summed E-state index contributed by atoms with van der Waals surface area (Å²) in [6.45, 7) is 13.9. The topological polar surface area (TPSA) is 78.9 Å². The van der Waals surface area contributed by atoms with Crippen molar-refractivity contribution in [3.63, 3.8) is 0 Å². The SMILES string of the molecule is CC(C)CCCCCCCCCCCCCCC(=O)Oc1ccc(C=Cc2cc(OC(=O)CCCCCCCCCCCCCCC(C)C)cc(OC(=O)CCCCCCCCCCCCCCC(C)C)c2)cc1. The van der Waals surface area contributed by atoms with Gasteiger partial charge in [-0.1, -0.05) is 297 Å². The van der Waals surface area contributed by atoms with Crippen molar-refractivity contribution in [2.75, 3.05) is 0 Å². The molecule has 2 rings (SSSR count). The predicted molar refractivity (Wildman–Crippen MR) is 317 cm³/mol. The molecule has 0 aliphatic carbocycles. The monoisotopic (exact) mass is 1030 g/mol. The summed E-state index contributed by atoms with van der Waals surface area (Å²) >= 11 is 0. The zero-order valence-corrected chi connectivity index (χ0v) is 49.1. The lowest BCUT2D eigenvalue weighted by atomic mass is 10.0. The van der Waals surface area contributed by atoms with Crippen LogP contribution >= 0.6 is 0 Å². The van der Waals surface area contributed by atoms with Crippen molar-refractivity contribution in [1.29, 1.82) is 0 Å². The Morgan fingerprint density at radius 2 is 0.527 bits per heavy atom. The molecule has 0 radical (unpaired) electrons. The van der Waals surface area contributed by atoms with Gasteiger partial charge in [0.15, 0.2) is 0 Å². The van der Waals surface area contributed by atoms with Crippen molar-refractivity contribution in [1.82, 2.24) is 0 Å². The molecule has 2 aromatic carbocycles. The second-order valence-corrected chi connectivity index (χ2v) is 23.6. The molecule has 0 spiro atoms. The normalized spacial score (nSPS) is 11.7. The number of esters is 3. The lowest BCUT2D eigenvalue weighted by Crippen LogP contribution is -2.10. The maximum atomic E-state index is 13.0. The van der Waals surface area contributed by atoms with E-state index < -0.39 is 0 Å². The van der Waals surface area contributed by atoms with Crippen LogP contribution in [0.3, 0.4) is 0 Å². The first-order valence-corrected chi connectivity index (χ1v) is 31.6. The standard InChI is InChI=1S/C68H114O6/c1-58(2)43-37-31-25-19-13-7-10-16-22-28-34-40-46-66(69)72-63-53-51-61(52-54-63)49-50-62-55-64(73-67(70)47-41-35-29-23-17-11-8-14-20-26-32-38-44-59(3)4)57-65(56-62)74-68(71)48-42-36-30-24-18-12-9-15-21-27-33-39-45-60(5)6/h49-60H,7-48H2,1-6H3. The van der Waals surface area contributed by atoms with Crippen molar-refractivity contribution < 1.29 is 28.6 Å². The predicted octanol–water partition coefficient (Wildman–Crippen LogP) is 21.9. The lowest BCUT2D eigenvalue weighted by Gasteiger charge is -2.10. The zero-order chi connectivity index (χ0) is 53.5. The van der Waals surface area contributed by atoms with E-state index in [4.69, 9.17) is 14.2 Å². The van der Waals surface area contributed by atoms with Crippen molar-refractivity contribution in [3.05, 3.63) is 53.6 Å². The molecule has 6 nitrogen and oxygen atoms in total. The van der Waals surface area contributed by atoms with Crippen LogP contribution in [0.2, 0.25) is 0 Å². The van der Waals surface area contributed by atoms with Crippen LogP contribution in [-0.2, 0) is 14.4 Å². The summed E-state index contributed by atoms with van der Waals surface area (Å²) in [6, 6.07) is 12.8. The fourth-order valence-corrected chi connectivity index (χ4v) is 9.96. The van der Waals surface area contributed by atoms with E-state index in [0.717, 1.165) is 80.2 Å². The molecule has 0 unspecified atom stereocenters. The van der Waals surface area contributed by atoms with E-state index in [1.165, 1.54) is 199 Å². The van der Waals surface area contributed by atoms with Crippen molar-refractivity contribution >= 4 is 30.1 Å². The molecule has 0 amide bonds. The van der Waals surface area contributed by atoms with Gasteiger partial charge < -0.3 is 14.2 Å². The van der Waals surface area contributed by atoms with Gasteiger partial charge in [-0.15, -0.1) is 0 Å². The van der Waals surface area contributed by atoms with Gasteiger partial charge in [0.2, 0.25) is 0 Å². The Balaban J connectivity index is 1.78. The molecule has 0 saturated carbocycles. The largest absolute Gasteiger partial charge is 0.427 e. The third-order valence-corrected chi connectivity index (χ3v) is 14.7. The molecule has 0 fully saturated rings. The summed E-state index contributed by atoms with van der Waals surface area (Å²) in [4.78, 5) is 38.7. The highest BCUT2D eigenvalue weighted by molar-refractivity contribution is 5.77. The third kappa shape index (κ3) is 41.8. The van der Waals surface area contributed by atoms with E-state index in [2.05, 4.69) is 41.5 Å². The molecule has 2 aromatic rings. The van der Waals surface area contributed by atoms with E-state index in [0.29, 0.717) is 36.5 Å². The molecule has 0 aromatic heterocycles. The summed E-state index contributed by atoms with van der Waals surface area (Å²) in [7, 11) is 0. The van der Waals surface area contributed by atoms with E-state index in [1.54, 1.807) is 6.07 Å². The van der Waals surface area contributed by atoms with Gasteiger partial charge in [-0.25, -0.2) is 0 Å². The summed E-state index contributed by atoms with van der Waals surface area (Å²) in [5.74, 6) is 3.06. The van der Waals surface area contributed by atoms with Gasteiger partial charge in [0, 0.05) is 25.3 Å². The molecule has 0 N–H and O–H groups in total. The van der Waals surface area contributed by atoms with Crippen LogP contribution in [0.25, 0.3) is 12.2 Å². The van der Waals surface area contributed by atoms with E-state index in [1.807, 2.05) is 48.6 Å². The molecule has 0 aliphatic rings. The number of rotatable bonds is 50.